The first-order chi connectivity index (χ1) is 8.56. The summed E-state index contributed by atoms with van der Waals surface area (Å²) in [5.41, 5.74) is 0. The Kier molecular flexibility index (Phi) is 5.48. The lowest BCUT2D eigenvalue weighted by Crippen LogP contribution is -3.14. The molecule has 0 radical (unpaired) electrons. The molecule has 3 atom stereocenters. The van der Waals surface area contributed by atoms with Crippen LogP contribution in [0, 0.1) is 17.8 Å². The Morgan fingerprint density at radius 1 is 1.11 bits per heavy atom. The maximum absolute atomic E-state index is 12.3. The van der Waals surface area contributed by atoms with Gasteiger partial charge in [0.05, 0.1) is 13.1 Å². The number of likely N-dealkylation sites (tertiary alicyclic amines) is 1. The van der Waals surface area contributed by atoms with Crippen LogP contribution in [-0.2, 0) is 4.79 Å². The van der Waals surface area contributed by atoms with Crippen LogP contribution in [0.1, 0.15) is 46.0 Å². The minimum absolute atomic E-state index is 0.387. The van der Waals surface area contributed by atoms with E-state index in [1.807, 2.05) is 0 Å². The lowest BCUT2D eigenvalue weighted by atomic mass is 9.85. The molecule has 0 spiro atoms. The predicted molar refractivity (Wildman–Crippen MR) is 83.3 cm³/mol. The van der Waals surface area contributed by atoms with Gasteiger partial charge < -0.3 is 4.90 Å². The molecule has 3 heteroatoms. The van der Waals surface area contributed by atoms with E-state index >= 15 is 0 Å². The quantitative estimate of drug-likeness (QED) is 0.601. The van der Waals surface area contributed by atoms with Gasteiger partial charge >= 0.3 is 0 Å². The second-order valence-electron chi connectivity index (χ2n) is 6.54. The lowest BCUT2D eigenvalue weighted by molar-refractivity contribution is -0.902. The number of ketones is 1. The van der Waals surface area contributed by atoms with Crippen molar-refractivity contribution in [3.05, 3.63) is 0 Å². The van der Waals surface area contributed by atoms with Crippen molar-refractivity contribution in [2.24, 2.45) is 17.8 Å². The summed E-state index contributed by atoms with van der Waals surface area (Å²) >= 11 is 2.53. The molecule has 2 aliphatic rings. The first-order valence-corrected chi connectivity index (χ1v) is 8.81. The number of quaternary nitrogens is 1. The van der Waals surface area contributed by atoms with Crippen molar-refractivity contribution in [3.8, 4) is 0 Å². The van der Waals surface area contributed by atoms with Crippen LogP contribution in [0.2, 0.25) is 0 Å². The van der Waals surface area contributed by atoms with Gasteiger partial charge in [-0.05, 0) is 38.0 Å². The van der Waals surface area contributed by atoms with E-state index in [0.29, 0.717) is 11.7 Å². The van der Waals surface area contributed by atoms with E-state index in [1.54, 1.807) is 4.90 Å². The number of carbonyl (C=O) groups excluding carboxylic acids is 1. The van der Waals surface area contributed by atoms with Gasteiger partial charge in [0.1, 0.15) is 6.54 Å². The minimum Gasteiger partial charge on any atom is -0.329 e. The average Bonchev–Trinajstić information content (AvgIpc) is 2.34. The van der Waals surface area contributed by atoms with Gasteiger partial charge in [0.25, 0.3) is 0 Å². The Morgan fingerprint density at radius 2 is 1.78 bits per heavy atom. The summed E-state index contributed by atoms with van der Waals surface area (Å²) in [6.07, 6.45) is 6.08. The Bertz CT molecular complexity index is 286. The Balaban J connectivity index is 1.77. The van der Waals surface area contributed by atoms with Crippen molar-refractivity contribution in [1.82, 2.24) is 0 Å². The lowest BCUT2D eigenvalue weighted by Gasteiger charge is -2.33. The van der Waals surface area contributed by atoms with Crippen molar-refractivity contribution in [3.63, 3.8) is 0 Å². The molecule has 0 aromatic rings. The molecule has 104 valence electrons. The van der Waals surface area contributed by atoms with Gasteiger partial charge in [-0.3, -0.25) is 4.79 Å². The number of Topliss-reactive ketones (excluding diaryl/α,β-unsaturated/α-hetero) is 1. The van der Waals surface area contributed by atoms with Crippen LogP contribution < -0.4 is 4.90 Å². The molecule has 1 aliphatic heterocycles. The molecule has 0 bridgehead atoms. The molecular formula is C15H27INO+. The summed E-state index contributed by atoms with van der Waals surface area (Å²) in [5.74, 6) is 2.57. The number of rotatable bonds is 3. The topological polar surface area (TPSA) is 21.5 Å². The van der Waals surface area contributed by atoms with E-state index < -0.39 is 0 Å². The zero-order chi connectivity index (χ0) is 13.1. The van der Waals surface area contributed by atoms with Crippen molar-refractivity contribution in [2.45, 2.75) is 49.9 Å². The standard InChI is InChI=1S/C15H26INO/c1-11-7-8-17(9-12(11)2)10-15(18)13-3-5-14(16)6-4-13/h11-14H,3-10H2,1-2H3/p+1. The van der Waals surface area contributed by atoms with Gasteiger partial charge in [0.2, 0.25) is 0 Å². The van der Waals surface area contributed by atoms with Crippen molar-refractivity contribution >= 4 is 28.4 Å². The summed E-state index contributed by atoms with van der Waals surface area (Å²) in [4.78, 5) is 13.9. The number of hydrogen-bond acceptors (Lipinski definition) is 1. The number of piperidine rings is 1. The van der Waals surface area contributed by atoms with Crippen LogP contribution in [0.25, 0.3) is 0 Å². The molecule has 0 aromatic carbocycles. The summed E-state index contributed by atoms with van der Waals surface area (Å²) in [6.45, 7) is 7.90. The summed E-state index contributed by atoms with van der Waals surface area (Å²) in [7, 11) is 0. The molecule has 0 aromatic heterocycles. The monoisotopic (exact) mass is 364 g/mol. The third kappa shape index (κ3) is 3.92. The van der Waals surface area contributed by atoms with E-state index in [0.717, 1.165) is 35.1 Å². The molecule has 1 saturated carbocycles. The van der Waals surface area contributed by atoms with Gasteiger partial charge in [-0.15, -0.1) is 0 Å². The number of alkyl halides is 1. The number of hydrogen-bond donors (Lipinski definition) is 1. The summed E-state index contributed by atoms with van der Waals surface area (Å²) < 4.78 is 0.815. The van der Waals surface area contributed by atoms with Gasteiger partial charge in [0.15, 0.2) is 5.78 Å². The van der Waals surface area contributed by atoms with Crippen molar-refractivity contribution in [1.29, 1.82) is 0 Å². The first-order valence-electron chi connectivity index (χ1n) is 7.56. The smallest absolute Gasteiger partial charge is 0.189 e. The van der Waals surface area contributed by atoms with E-state index in [-0.39, 0.29) is 0 Å². The number of nitrogens with one attached hydrogen (secondary N) is 1. The highest BCUT2D eigenvalue weighted by atomic mass is 127. The van der Waals surface area contributed by atoms with Crippen LogP contribution in [0.15, 0.2) is 0 Å². The van der Waals surface area contributed by atoms with Crippen LogP contribution in [0.5, 0.6) is 0 Å². The number of carbonyl (C=O) groups is 1. The second kappa shape index (κ2) is 6.69. The summed E-state index contributed by atoms with van der Waals surface area (Å²) in [5, 5.41) is 0. The maximum atomic E-state index is 12.3. The highest BCUT2D eigenvalue weighted by Gasteiger charge is 2.31. The SMILES string of the molecule is CC1CC[NH+](CC(=O)C2CCC(I)CC2)CC1C. The van der Waals surface area contributed by atoms with Crippen LogP contribution in [0.4, 0.5) is 0 Å². The second-order valence-corrected chi connectivity index (χ2v) is 8.30. The Hall–Kier alpha value is 0.360. The van der Waals surface area contributed by atoms with E-state index in [4.69, 9.17) is 0 Å². The molecule has 2 fully saturated rings. The van der Waals surface area contributed by atoms with Gasteiger partial charge in [-0.25, -0.2) is 0 Å². The normalized spacial score (nSPS) is 41.6. The highest BCUT2D eigenvalue weighted by molar-refractivity contribution is 14.1. The summed E-state index contributed by atoms with van der Waals surface area (Å²) in [6, 6.07) is 0. The fraction of sp³-hybridized carbons (Fsp3) is 0.933. The molecule has 2 rings (SSSR count). The third-order valence-electron chi connectivity index (χ3n) is 5.07. The molecule has 1 aliphatic carbocycles. The predicted octanol–water partition coefficient (Wildman–Crippen LogP) is 2.11. The Labute approximate surface area is 125 Å². The van der Waals surface area contributed by atoms with E-state index in [9.17, 15) is 4.79 Å². The molecule has 0 amide bonds. The number of halogens is 1. The maximum Gasteiger partial charge on any atom is 0.189 e. The molecule has 2 nitrogen and oxygen atoms in total. The fourth-order valence-corrected chi connectivity index (χ4v) is 4.12. The zero-order valence-corrected chi connectivity index (χ0v) is 13.9. The molecule has 18 heavy (non-hydrogen) atoms. The third-order valence-corrected chi connectivity index (χ3v) is 6.32. The van der Waals surface area contributed by atoms with Crippen LogP contribution in [0.3, 0.4) is 0 Å². The average molecular weight is 364 g/mol. The first kappa shape index (κ1) is 14.8. The largest absolute Gasteiger partial charge is 0.329 e. The fourth-order valence-electron chi connectivity index (χ4n) is 3.40. The van der Waals surface area contributed by atoms with Gasteiger partial charge in [-0.1, -0.05) is 36.4 Å². The minimum atomic E-state index is 0.387. The highest BCUT2D eigenvalue weighted by Crippen LogP contribution is 2.29. The molecule has 3 unspecified atom stereocenters. The molecule has 1 N–H and O–H groups in total. The van der Waals surface area contributed by atoms with E-state index in [2.05, 4.69) is 36.4 Å². The van der Waals surface area contributed by atoms with Crippen molar-refractivity contribution in [2.75, 3.05) is 19.6 Å². The van der Waals surface area contributed by atoms with Gasteiger partial charge in [-0.2, -0.15) is 0 Å². The van der Waals surface area contributed by atoms with Crippen LogP contribution in [-0.4, -0.2) is 29.3 Å². The Morgan fingerprint density at radius 3 is 2.39 bits per heavy atom. The molecule has 1 heterocycles. The van der Waals surface area contributed by atoms with Crippen LogP contribution >= 0.6 is 22.6 Å². The molecule has 1 saturated heterocycles. The van der Waals surface area contributed by atoms with E-state index in [1.165, 1.54) is 32.4 Å². The van der Waals surface area contributed by atoms with Gasteiger partial charge in [0, 0.05) is 15.8 Å². The van der Waals surface area contributed by atoms with Crippen molar-refractivity contribution < 1.29 is 9.69 Å². The zero-order valence-electron chi connectivity index (χ0n) is 11.8. The molecular weight excluding hydrogens is 337 g/mol.